The maximum absolute atomic E-state index is 3.59. The lowest BCUT2D eigenvalue weighted by Gasteiger charge is -2.38. The minimum atomic E-state index is 0.751. The minimum Gasteiger partial charge on any atom is -0.314 e. The Morgan fingerprint density at radius 3 is 2.75 bits per heavy atom. The van der Waals surface area contributed by atoms with Gasteiger partial charge in [0.05, 0.1) is 0 Å². The van der Waals surface area contributed by atoms with Crippen molar-refractivity contribution >= 4 is 27.3 Å². The Labute approximate surface area is 110 Å². The van der Waals surface area contributed by atoms with Crippen molar-refractivity contribution in [3.05, 3.63) is 20.3 Å². The first-order valence-electron chi connectivity index (χ1n) is 5.90. The number of rotatable bonds is 5. The van der Waals surface area contributed by atoms with Gasteiger partial charge in [-0.1, -0.05) is 6.92 Å². The lowest BCUT2D eigenvalue weighted by Crippen LogP contribution is -2.56. The van der Waals surface area contributed by atoms with Gasteiger partial charge in [0.1, 0.15) is 0 Å². The van der Waals surface area contributed by atoms with E-state index in [0.717, 1.165) is 25.7 Å². The van der Waals surface area contributed by atoms with Crippen LogP contribution in [0, 0.1) is 6.92 Å². The molecule has 90 valence electrons. The van der Waals surface area contributed by atoms with Crippen LogP contribution in [0.15, 0.2) is 10.5 Å². The molecule has 1 aromatic rings. The third kappa shape index (κ3) is 2.86. The van der Waals surface area contributed by atoms with Crippen molar-refractivity contribution < 1.29 is 0 Å². The summed E-state index contributed by atoms with van der Waals surface area (Å²) in [6.45, 7) is 9.07. The van der Waals surface area contributed by atoms with Crippen LogP contribution >= 0.6 is 27.3 Å². The van der Waals surface area contributed by atoms with Crippen LogP contribution < -0.4 is 5.32 Å². The van der Waals surface area contributed by atoms with Crippen LogP contribution in [0.2, 0.25) is 0 Å². The van der Waals surface area contributed by atoms with Gasteiger partial charge in [-0.2, -0.15) is 0 Å². The fourth-order valence-electron chi connectivity index (χ4n) is 2.01. The van der Waals surface area contributed by atoms with Crippen LogP contribution in [0.1, 0.15) is 23.1 Å². The second-order valence-electron chi connectivity index (χ2n) is 4.40. The van der Waals surface area contributed by atoms with Crippen LogP contribution in [0.25, 0.3) is 0 Å². The summed E-state index contributed by atoms with van der Waals surface area (Å²) in [6.07, 6.45) is 1.24. The van der Waals surface area contributed by atoms with Gasteiger partial charge >= 0.3 is 0 Å². The van der Waals surface area contributed by atoms with Crippen molar-refractivity contribution in [1.29, 1.82) is 0 Å². The molecule has 0 bridgehead atoms. The molecule has 0 unspecified atom stereocenters. The van der Waals surface area contributed by atoms with Crippen LogP contribution in [0.3, 0.4) is 0 Å². The number of nitrogens with one attached hydrogen (secondary N) is 1. The molecule has 1 fully saturated rings. The monoisotopic (exact) mass is 302 g/mol. The van der Waals surface area contributed by atoms with E-state index in [1.807, 2.05) is 11.3 Å². The standard InChI is InChI=1S/C12H19BrN2S/c1-3-4-15(10-6-14-7-10)8-11-5-12(13)9(2)16-11/h5,10,14H,3-4,6-8H2,1-2H3. The summed E-state index contributed by atoms with van der Waals surface area (Å²) >= 11 is 5.50. The Morgan fingerprint density at radius 1 is 1.56 bits per heavy atom. The van der Waals surface area contributed by atoms with E-state index < -0.39 is 0 Å². The van der Waals surface area contributed by atoms with Crippen molar-refractivity contribution in [2.24, 2.45) is 0 Å². The molecule has 4 heteroatoms. The summed E-state index contributed by atoms with van der Waals surface area (Å²) < 4.78 is 1.26. The molecule has 1 saturated heterocycles. The molecule has 0 atom stereocenters. The first-order valence-corrected chi connectivity index (χ1v) is 7.51. The molecule has 0 amide bonds. The molecule has 0 spiro atoms. The Kier molecular flexibility index (Phi) is 4.41. The molecule has 0 radical (unpaired) electrons. The van der Waals surface area contributed by atoms with Gasteiger partial charge in [0.25, 0.3) is 0 Å². The van der Waals surface area contributed by atoms with Gasteiger partial charge in [0.2, 0.25) is 0 Å². The highest BCUT2D eigenvalue weighted by Gasteiger charge is 2.24. The number of hydrogen-bond donors (Lipinski definition) is 1. The topological polar surface area (TPSA) is 15.3 Å². The molecule has 1 N–H and O–H groups in total. The molecule has 0 saturated carbocycles. The molecule has 0 aromatic carbocycles. The van der Waals surface area contributed by atoms with Crippen molar-refractivity contribution in [2.45, 2.75) is 32.9 Å². The number of nitrogens with zero attached hydrogens (tertiary/aromatic N) is 1. The average molecular weight is 303 g/mol. The Bertz CT molecular complexity index is 327. The Morgan fingerprint density at radius 2 is 2.31 bits per heavy atom. The first kappa shape index (κ1) is 12.6. The molecule has 1 aromatic heterocycles. The second kappa shape index (κ2) is 5.63. The predicted octanol–water partition coefficient (Wildman–Crippen LogP) is 3.00. The van der Waals surface area contributed by atoms with Crippen LogP contribution in [-0.2, 0) is 6.54 Å². The molecule has 0 aliphatic carbocycles. The number of thiophene rings is 1. The Hall–Kier alpha value is 0.1000. The smallest absolute Gasteiger partial charge is 0.0349 e. The van der Waals surface area contributed by atoms with Crippen LogP contribution in [0.5, 0.6) is 0 Å². The summed E-state index contributed by atoms with van der Waals surface area (Å²) in [5.74, 6) is 0. The van der Waals surface area contributed by atoms with E-state index >= 15 is 0 Å². The highest BCUT2D eigenvalue weighted by atomic mass is 79.9. The summed E-state index contributed by atoms with van der Waals surface area (Å²) in [5.41, 5.74) is 0. The van der Waals surface area contributed by atoms with Crippen molar-refractivity contribution in [2.75, 3.05) is 19.6 Å². The molecule has 2 rings (SSSR count). The maximum Gasteiger partial charge on any atom is 0.0349 e. The van der Waals surface area contributed by atoms with Crippen molar-refractivity contribution in [3.8, 4) is 0 Å². The molecule has 2 nitrogen and oxygen atoms in total. The number of aryl methyl sites for hydroxylation is 1. The van der Waals surface area contributed by atoms with Gasteiger partial charge in [-0.15, -0.1) is 11.3 Å². The maximum atomic E-state index is 3.59. The van der Waals surface area contributed by atoms with Gasteiger partial charge in [0, 0.05) is 39.9 Å². The predicted molar refractivity (Wildman–Crippen MR) is 74.1 cm³/mol. The second-order valence-corrected chi connectivity index (χ2v) is 6.59. The number of hydrogen-bond acceptors (Lipinski definition) is 3. The molecular formula is C12H19BrN2S. The summed E-state index contributed by atoms with van der Waals surface area (Å²) in [6, 6.07) is 3.02. The molecule has 1 aliphatic heterocycles. The fraction of sp³-hybridized carbons (Fsp3) is 0.667. The van der Waals surface area contributed by atoms with E-state index in [0.29, 0.717) is 0 Å². The zero-order valence-corrected chi connectivity index (χ0v) is 12.3. The largest absolute Gasteiger partial charge is 0.314 e. The third-order valence-electron chi connectivity index (χ3n) is 3.05. The summed E-state index contributed by atoms with van der Waals surface area (Å²) in [5, 5.41) is 3.35. The molecular weight excluding hydrogens is 284 g/mol. The van der Waals surface area contributed by atoms with Gasteiger partial charge in [-0.3, -0.25) is 4.90 Å². The van der Waals surface area contributed by atoms with Gasteiger partial charge in [-0.25, -0.2) is 0 Å². The van der Waals surface area contributed by atoms with Crippen molar-refractivity contribution in [1.82, 2.24) is 10.2 Å². The molecule has 16 heavy (non-hydrogen) atoms. The van der Waals surface area contributed by atoms with E-state index in [1.54, 1.807) is 0 Å². The van der Waals surface area contributed by atoms with Crippen LogP contribution in [-0.4, -0.2) is 30.6 Å². The first-order chi connectivity index (χ1) is 7.70. The summed E-state index contributed by atoms with van der Waals surface area (Å²) in [7, 11) is 0. The van der Waals surface area contributed by atoms with E-state index in [4.69, 9.17) is 0 Å². The van der Waals surface area contributed by atoms with E-state index in [1.165, 1.54) is 27.2 Å². The van der Waals surface area contributed by atoms with Gasteiger partial charge in [0.15, 0.2) is 0 Å². The quantitative estimate of drug-likeness (QED) is 0.899. The fourth-order valence-corrected chi connectivity index (χ4v) is 3.63. The normalized spacial score (nSPS) is 16.8. The highest BCUT2D eigenvalue weighted by molar-refractivity contribution is 9.10. The van der Waals surface area contributed by atoms with E-state index in [9.17, 15) is 0 Å². The molecule has 1 aliphatic rings. The average Bonchev–Trinajstić information content (AvgIpc) is 2.43. The van der Waals surface area contributed by atoms with Gasteiger partial charge in [-0.05, 0) is 41.9 Å². The van der Waals surface area contributed by atoms with Crippen molar-refractivity contribution in [3.63, 3.8) is 0 Å². The lowest BCUT2D eigenvalue weighted by atomic mass is 10.1. The summed E-state index contributed by atoms with van der Waals surface area (Å²) in [4.78, 5) is 5.47. The van der Waals surface area contributed by atoms with Crippen LogP contribution in [0.4, 0.5) is 0 Å². The molecule has 2 heterocycles. The SMILES string of the molecule is CCCN(Cc1cc(Br)c(C)s1)C1CNC1. The highest BCUT2D eigenvalue weighted by Crippen LogP contribution is 2.28. The zero-order chi connectivity index (χ0) is 11.5. The zero-order valence-electron chi connectivity index (χ0n) is 9.92. The lowest BCUT2D eigenvalue weighted by molar-refractivity contribution is 0.139. The van der Waals surface area contributed by atoms with Gasteiger partial charge < -0.3 is 5.32 Å². The minimum absolute atomic E-state index is 0.751. The number of halogens is 1. The third-order valence-corrected chi connectivity index (χ3v) is 5.18. The Balaban J connectivity index is 1.98. The van der Waals surface area contributed by atoms with E-state index in [-0.39, 0.29) is 0 Å². The van der Waals surface area contributed by atoms with E-state index in [2.05, 4.69) is 46.1 Å².